The van der Waals surface area contributed by atoms with Gasteiger partial charge in [-0.05, 0) is 12.1 Å². The van der Waals surface area contributed by atoms with Crippen LogP contribution in [0.4, 0.5) is 23.7 Å². The van der Waals surface area contributed by atoms with Crippen LogP contribution in [0.5, 0.6) is 0 Å². The third-order valence-corrected chi connectivity index (χ3v) is 1.49. The number of alkyl halides is 3. The maximum Gasteiger partial charge on any atom is 0.433 e. The van der Waals surface area contributed by atoms with E-state index in [1.165, 1.54) is 0 Å². The van der Waals surface area contributed by atoms with E-state index in [-0.39, 0.29) is 5.69 Å². The molecule has 0 spiro atoms. The molecule has 0 radical (unpaired) electrons. The zero-order chi connectivity index (χ0) is 11.5. The molecule has 1 amide bonds. The first kappa shape index (κ1) is 11.3. The lowest BCUT2D eigenvalue weighted by Gasteiger charge is -2.06. The molecule has 1 aromatic rings. The molecule has 0 fully saturated rings. The number of ether oxygens (including phenoxy) is 1. The Morgan fingerprint density at radius 2 is 2.13 bits per heavy atom. The van der Waals surface area contributed by atoms with E-state index >= 15 is 0 Å². The Bertz CT molecular complexity index is 348. The van der Waals surface area contributed by atoms with E-state index < -0.39 is 18.0 Å². The number of hydrogen-bond donors (Lipinski definition) is 1. The third-order valence-electron chi connectivity index (χ3n) is 1.49. The number of pyridine rings is 1. The predicted octanol–water partition coefficient (Wildman–Crippen LogP) is 2.28. The highest BCUT2D eigenvalue weighted by Crippen LogP contribution is 2.27. The van der Waals surface area contributed by atoms with Gasteiger partial charge in [0.2, 0.25) is 0 Å². The molecule has 0 aliphatic rings. The second-order valence-electron chi connectivity index (χ2n) is 2.55. The smallest absolute Gasteiger partial charge is 0.433 e. The van der Waals surface area contributed by atoms with Gasteiger partial charge in [0.25, 0.3) is 0 Å². The van der Waals surface area contributed by atoms with Gasteiger partial charge >= 0.3 is 12.3 Å². The van der Waals surface area contributed by atoms with Crippen molar-refractivity contribution in [2.24, 2.45) is 0 Å². The number of methoxy groups -OCH3 is 1. The molecule has 0 aromatic carbocycles. The molecule has 1 N–H and O–H groups in total. The van der Waals surface area contributed by atoms with Crippen LogP contribution >= 0.6 is 0 Å². The van der Waals surface area contributed by atoms with Gasteiger partial charge in [0.15, 0.2) is 0 Å². The van der Waals surface area contributed by atoms with Crippen LogP contribution in [0.25, 0.3) is 0 Å². The van der Waals surface area contributed by atoms with E-state index in [4.69, 9.17) is 0 Å². The molecule has 1 aromatic heterocycles. The highest BCUT2D eigenvalue weighted by molar-refractivity contribution is 5.84. The van der Waals surface area contributed by atoms with E-state index in [1.807, 2.05) is 0 Å². The van der Waals surface area contributed by atoms with Crippen molar-refractivity contribution in [1.82, 2.24) is 4.98 Å². The van der Waals surface area contributed by atoms with Crippen LogP contribution in [0.3, 0.4) is 0 Å². The monoisotopic (exact) mass is 220 g/mol. The van der Waals surface area contributed by atoms with Crippen molar-refractivity contribution in [3.05, 3.63) is 24.0 Å². The Morgan fingerprint density at radius 1 is 1.47 bits per heavy atom. The van der Waals surface area contributed by atoms with Crippen molar-refractivity contribution in [2.45, 2.75) is 6.18 Å². The first-order chi connectivity index (χ1) is 6.93. The number of aromatic nitrogens is 1. The molecule has 0 saturated heterocycles. The summed E-state index contributed by atoms with van der Waals surface area (Å²) < 4.78 is 40.5. The molecule has 0 bridgehead atoms. The Morgan fingerprint density at radius 3 is 2.53 bits per heavy atom. The normalized spacial score (nSPS) is 10.9. The van der Waals surface area contributed by atoms with Crippen LogP contribution in [-0.4, -0.2) is 18.2 Å². The van der Waals surface area contributed by atoms with Crippen LogP contribution < -0.4 is 5.32 Å². The van der Waals surface area contributed by atoms with Gasteiger partial charge in [0.05, 0.1) is 19.0 Å². The molecule has 15 heavy (non-hydrogen) atoms. The van der Waals surface area contributed by atoms with Gasteiger partial charge in [-0.1, -0.05) is 0 Å². The predicted molar refractivity (Wildman–Crippen MR) is 45.3 cm³/mol. The number of amides is 1. The van der Waals surface area contributed by atoms with Gasteiger partial charge in [-0.3, -0.25) is 5.32 Å². The molecule has 7 heteroatoms. The summed E-state index contributed by atoms with van der Waals surface area (Å²) in [5.74, 6) is 0. The number of halogens is 3. The van der Waals surface area contributed by atoms with Gasteiger partial charge in [0.1, 0.15) is 5.69 Å². The largest absolute Gasteiger partial charge is 0.453 e. The fourth-order valence-electron chi connectivity index (χ4n) is 0.804. The number of carbonyl (C=O) groups excluding carboxylic acids is 1. The SMILES string of the molecule is COC(=O)Nc1ccc(C(F)(F)F)nc1. The van der Waals surface area contributed by atoms with E-state index in [0.29, 0.717) is 0 Å². The van der Waals surface area contributed by atoms with Gasteiger partial charge < -0.3 is 4.74 Å². The average molecular weight is 220 g/mol. The first-order valence-corrected chi connectivity index (χ1v) is 3.81. The van der Waals surface area contributed by atoms with Gasteiger partial charge in [-0.15, -0.1) is 0 Å². The Labute approximate surface area is 83.1 Å². The zero-order valence-electron chi connectivity index (χ0n) is 7.63. The number of rotatable bonds is 1. The summed E-state index contributed by atoms with van der Waals surface area (Å²) in [5, 5.41) is 2.18. The number of nitrogens with one attached hydrogen (secondary N) is 1. The summed E-state index contributed by atoms with van der Waals surface area (Å²) in [5.41, 5.74) is -0.882. The van der Waals surface area contributed by atoms with Crippen molar-refractivity contribution < 1.29 is 22.7 Å². The lowest BCUT2D eigenvalue weighted by atomic mass is 10.3. The van der Waals surface area contributed by atoms with E-state index in [1.54, 1.807) is 0 Å². The fourth-order valence-corrected chi connectivity index (χ4v) is 0.804. The highest BCUT2D eigenvalue weighted by atomic mass is 19.4. The molecular formula is C8H7F3N2O2. The lowest BCUT2D eigenvalue weighted by Crippen LogP contribution is -2.12. The summed E-state index contributed by atoms with van der Waals surface area (Å²) in [6.07, 6.45) is -4.35. The quantitative estimate of drug-likeness (QED) is 0.789. The topological polar surface area (TPSA) is 51.2 Å². The highest BCUT2D eigenvalue weighted by Gasteiger charge is 2.32. The zero-order valence-corrected chi connectivity index (χ0v) is 7.63. The molecule has 1 heterocycles. The summed E-state index contributed by atoms with van der Waals surface area (Å²) in [6.45, 7) is 0. The van der Waals surface area contributed by atoms with E-state index in [2.05, 4.69) is 15.0 Å². The average Bonchev–Trinajstić information content (AvgIpc) is 2.17. The van der Waals surface area contributed by atoms with Crippen molar-refractivity contribution in [3.63, 3.8) is 0 Å². The number of carbonyl (C=O) groups is 1. The minimum Gasteiger partial charge on any atom is -0.453 e. The summed E-state index contributed by atoms with van der Waals surface area (Å²) >= 11 is 0. The Hall–Kier alpha value is -1.79. The fraction of sp³-hybridized carbons (Fsp3) is 0.250. The standard InChI is InChI=1S/C8H7F3N2O2/c1-15-7(14)13-5-2-3-6(12-4-5)8(9,10)11/h2-4H,1H3,(H,13,14). The molecule has 0 saturated carbocycles. The van der Waals surface area contributed by atoms with Gasteiger partial charge in [-0.2, -0.15) is 13.2 Å². The second-order valence-corrected chi connectivity index (χ2v) is 2.55. The number of nitrogens with zero attached hydrogens (tertiary/aromatic N) is 1. The van der Waals surface area contributed by atoms with Crippen LogP contribution in [0.2, 0.25) is 0 Å². The first-order valence-electron chi connectivity index (χ1n) is 3.81. The number of hydrogen-bond acceptors (Lipinski definition) is 3. The Balaban J connectivity index is 2.77. The molecule has 0 atom stereocenters. The number of anilines is 1. The minimum absolute atomic E-state index is 0.134. The minimum atomic E-state index is -4.48. The molecule has 1 rings (SSSR count). The van der Waals surface area contributed by atoms with Gasteiger partial charge in [-0.25, -0.2) is 9.78 Å². The van der Waals surface area contributed by atoms with Crippen molar-refractivity contribution in [2.75, 3.05) is 12.4 Å². The van der Waals surface area contributed by atoms with E-state index in [0.717, 1.165) is 25.4 Å². The Kier molecular flexibility index (Phi) is 3.13. The van der Waals surface area contributed by atoms with Crippen LogP contribution in [0, 0.1) is 0 Å². The maximum atomic E-state index is 12.1. The third kappa shape index (κ3) is 3.12. The van der Waals surface area contributed by atoms with Crippen LogP contribution in [0.15, 0.2) is 18.3 Å². The van der Waals surface area contributed by atoms with Crippen molar-refractivity contribution in [3.8, 4) is 0 Å². The molecule has 4 nitrogen and oxygen atoms in total. The van der Waals surface area contributed by atoms with Gasteiger partial charge in [0, 0.05) is 0 Å². The summed E-state index contributed by atoms with van der Waals surface area (Å²) in [6, 6.07) is 1.86. The van der Waals surface area contributed by atoms with Crippen molar-refractivity contribution >= 4 is 11.8 Å². The molecule has 0 aliphatic carbocycles. The summed E-state index contributed by atoms with van der Waals surface area (Å²) in [4.78, 5) is 13.8. The maximum absolute atomic E-state index is 12.1. The molecular weight excluding hydrogens is 213 g/mol. The second kappa shape index (κ2) is 4.16. The molecule has 0 aliphatic heterocycles. The van der Waals surface area contributed by atoms with Crippen LogP contribution in [0.1, 0.15) is 5.69 Å². The molecule has 0 unspecified atom stereocenters. The van der Waals surface area contributed by atoms with E-state index in [9.17, 15) is 18.0 Å². The summed E-state index contributed by atoms with van der Waals surface area (Å²) in [7, 11) is 1.15. The van der Waals surface area contributed by atoms with Crippen LogP contribution in [-0.2, 0) is 10.9 Å². The lowest BCUT2D eigenvalue weighted by molar-refractivity contribution is -0.141. The van der Waals surface area contributed by atoms with Crippen molar-refractivity contribution in [1.29, 1.82) is 0 Å². The molecule has 82 valence electrons.